The number of hydrogen-bond donors (Lipinski definition) is 3. The van der Waals surface area contributed by atoms with E-state index in [0.29, 0.717) is 11.8 Å². The quantitative estimate of drug-likeness (QED) is 0.729. The summed E-state index contributed by atoms with van der Waals surface area (Å²) in [5, 5.41) is 6.83. The predicted octanol–water partition coefficient (Wildman–Crippen LogP) is 0.959. The molecule has 6 heteroatoms. The summed E-state index contributed by atoms with van der Waals surface area (Å²) >= 11 is 0. The summed E-state index contributed by atoms with van der Waals surface area (Å²) in [6.07, 6.45) is 0. The molecule has 1 heterocycles. The van der Waals surface area contributed by atoms with Crippen LogP contribution in [-0.4, -0.2) is 29.0 Å². The number of para-hydroxylation sites is 1. The third-order valence-corrected chi connectivity index (χ3v) is 2.37. The van der Waals surface area contributed by atoms with Gasteiger partial charge in [0.25, 0.3) is 0 Å². The molecular weight excluding hydrogens is 230 g/mol. The Morgan fingerprint density at radius 1 is 1.28 bits per heavy atom. The zero-order valence-electron chi connectivity index (χ0n) is 10.1. The molecule has 1 aromatic carbocycles. The molecule has 0 aliphatic heterocycles. The summed E-state index contributed by atoms with van der Waals surface area (Å²) in [7, 11) is 0. The maximum atomic E-state index is 10.8. The molecule has 0 saturated carbocycles. The van der Waals surface area contributed by atoms with Gasteiger partial charge in [-0.2, -0.15) is 4.98 Å². The molecule has 2 rings (SSSR count). The minimum absolute atomic E-state index is 0.0482. The first-order valence-electron chi connectivity index (χ1n) is 5.73. The number of carbonyl (C=O) groups excluding carboxylic acids is 1. The van der Waals surface area contributed by atoms with Gasteiger partial charge in [-0.25, -0.2) is 4.98 Å². The summed E-state index contributed by atoms with van der Waals surface area (Å²) in [5.41, 5.74) is 5.94. The molecule has 1 amide bonds. The number of benzene rings is 1. The summed E-state index contributed by atoms with van der Waals surface area (Å²) in [5.74, 6) is 0.709. The fourth-order valence-electron chi connectivity index (χ4n) is 1.62. The van der Waals surface area contributed by atoms with E-state index in [1.807, 2.05) is 31.2 Å². The molecule has 94 valence electrons. The normalized spacial score (nSPS) is 10.3. The average Bonchev–Trinajstić information content (AvgIpc) is 2.36. The van der Waals surface area contributed by atoms with E-state index in [1.54, 1.807) is 0 Å². The van der Waals surface area contributed by atoms with Crippen LogP contribution in [0.25, 0.3) is 10.9 Å². The Kier molecular flexibility index (Phi) is 3.57. The Labute approximate surface area is 105 Å². The Hall–Kier alpha value is -2.37. The summed E-state index contributed by atoms with van der Waals surface area (Å²) < 4.78 is 0. The van der Waals surface area contributed by atoms with Crippen molar-refractivity contribution in [2.24, 2.45) is 5.73 Å². The van der Waals surface area contributed by atoms with Gasteiger partial charge < -0.3 is 16.4 Å². The van der Waals surface area contributed by atoms with Gasteiger partial charge in [-0.3, -0.25) is 4.79 Å². The number of nitrogens with one attached hydrogen (secondary N) is 2. The average molecular weight is 245 g/mol. The van der Waals surface area contributed by atoms with Crippen LogP contribution >= 0.6 is 0 Å². The van der Waals surface area contributed by atoms with E-state index < -0.39 is 5.91 Å². The highest BCUT2D eigenvalue weighted by atomic mass is 16.1. The van der Waals surface area contributed by atoms with Crippen LogP contribution in [0.1, 0.15) is 6.92 Å². The van der Waals surface area contributed by atoms with Gasteiger partial charge in [0.05, 0.1) is 12.1 Å². The van der Waals surface area contributed by atoms with E-state index in [1.165, 1.54) is 0 Å². The van der Waals surface area contributed by atoms with Crippen molar-refractivity contribution < 1.29 is 4.79 Å². The zero-order valence-corrected chi connectivity index (χ0v) is 10.1. The van der Waals surface area contributed by atoms with Crippen LogP contribution < -0.4 is 16.4 Å². The summed E-state index contributed by atoms with van der Waals surface area (Å²) in [6.45, 7) is 2.75. The molecule has 0 saturated heterocycles. The molecule has 0 fully saturated rings. The number of aromatic nitrogens is 2. The van der Waals surface area contributed by atoms with E-state index in [9.17, 15) is 4.79 Å². The van der Waals surface area contributed by atoms with Crippen LogP contribution in [0.3, 0.4) is 0 Å². The van der Waals surface area contributed by atoms with Gasteiger partial charge >= 0.3 is 0 Å². The van der Waals surface area contributed by atoms with Gasteiger partial charge in [0.2, 0.25) is 11.9 Å². The van der Waals surface area contributed by atoms with E-state index in [-0.39, 0.29) is 6.54 Å². The Morgan fingerprint density at radius 3 is 2.78 bits per heavy atom. The third kappa shape index (κ3) is 2.65. The first kappa shape index (κ1) is 12.1. The van der Waals surface area contributed by atoms with Gasteiger partial charge in [0.15, 0.2) is 0 Å². The Morgan fingerprint density at radius 2 is 2.06 bits per heavy atom. The topological polar surface area (TPSA) is 92.9 Å². The first-order chi connectivity index (χ1) is 8.70. The molecule has 0 aliphatic rings. The van der Waals surface area contributed by atoms with Gasteiger partial charge in [0.1, 0.15) is 5.82 Å². The molecule has 0 bridgehead atoms. The number of rotatable bonds is 5. The minimum Gasteiger partial charge on any atom is -0.368 e. The largest absolute Gasteiger partial charge is 0.368 e. The van der Waals surface area contributed by atoms with Crippen LogP contribution in [0.15, 0.2) is 24.3 Å². The van der Waals surface area contributed by atoms with E-state index >= 15 is 0 Å². The SMILES string of the molecule is CCNc1nc(NCC(N)=O)c2ccccc2n1. The summed E-state index contributed by atoms with van der Waals surface area (Å²) in [6, 6.07) is 7.60. The lowest BCUT2D eigenvalue weighted by molar-refractivity contribution is -0.116. The smallest absolute Gasteiger partial charge is 0.236 e. The zero-order chi connectivity index (χ0) is 13.0. The number of carbonyl (C=O) groups is 1. The minimum atomic E-state index is -0.428. The molecule has 18 heavy (non-hydrogen) atoms. The van der Waals surface area contributed by atoms with Crippen molar-refractivity contribution in [1.29, 1.82) is 0 Å². The molecule has 1 aromatic heterocycles. The lowest BCUT2D eigenvalue weighted by Crippen LogP contribution is -2.22. The third-order valence-electron chi connectivity index (χ3n) is 2.37. The van der Waals surface area contributed by atoms with Gasteiger partial charge in [-0.1, -0.05) is 12.1 Å². The maximum Gasteiger partial charge on any atom is 0.236 e. The number of hydrogen-bond acceptors (Lipinski definition) is 5. The van der Waals surface area contributed by atoms with Crippen molar-refractivity contribution in [3.8, 4) is 0 Å². The molecule has 0 spiro atoms. The number of primary amides is 1. The molecule has 2 aromatic rings. The maximum absolute atomic E-state index is 10.8. The second-order valence-corrected chi connectivity index (χ2v) is 3.76. The Bertz CT molecular complexity index is 569. The predicted molar refractivity (Wildman–Crippen MR) is 71.4 cm³/mol. The van der Waals surface area contributed by atoms with Crippen LogP contribution in [0.4, 0.5) is 11.8 Å². The number of amides is 1. The van der Waals surface area contributed by atoms with Gasteiger partial charge in [0, 0.05) is 11.9 Å². The number of nitrogens with two attached hydrogens (primary N) is 1. The second kappa shape index (κ2) is 5.31. The molecule has 4 N–H and O–H groups in total. The fourth-order valence-corrected chi connectivity index (χ4v) is 1.62. The molecule has 0 radical (unpaired) electrons. The highest BCUT2D eigenvalue weighted by Gasteiger charge is 2.07. The second-order valence-electron chi connectivity index (χ2n) is 3.76. The number of nitrogens with zero attached hydrogens (tertiary/aromatic N) is 2. The highest BCUT2D eigenvalue weighted by molar-refractivity contribution is 5.91. The van der Waals surface area contributed by atoms with Crippen LogP contribution in [-0.2, 0) is 4.79 Å². The van der Waals surface area contributed by atoms with E-state index in [4.69, 9.17) is 5.73 Å². The van der Waals surface area contributed by atoms with Crippen molar-refractivity contribution in [2.75, 3.05) is 23.7 Å². The molecular formula is C12H15N5O. The Balaban J connectivity index is 2.43. The van der Waals surface area contributed by atoms with Crippen molar-refractivity contribution in [3.05, 3.63) is 24.3 Å². The van der Waals surface area contributed by atoms with Crippen LogP contribution in [0, 0.1) is 0 Å². The van der Waals surface area contributed by atoms with Crippen LogP contribution in [0.5, 0.6) is 0 Å². The fraction of sp³-hybridized carbons (Fsp3) is 0.250. The monoisotopic (exact) mass is 245 g/mol. The van der Waals surface area contributed by atoms with Crippen molar-refractivity contribution >= 4 is 28.6 Å². The molecule has 0 atom stereocenters. The van der Waals surface area contributed by atoms with Crippen molar-refractivity contribution in [1.82, 2.24) is 9.97 Å². The highest BCUT2D eigenvalue weighted by Crippen LogP contribution is 2.21. The van der Waals surface area contributed by atoms with Gasteiger partial charge in [-0.05, 0) is 19.1 Å². The lowest BCUT2D eigenvalue weighted by Gasteiger charge is -2.09. The van der Waals surface area contributed by atoms with Crippen LogP contribution in [0.2, 0.25) is 0 Å². The lowest BCUT2D eigenvalue weighted by atomic mass is 10.2. The number of anilines is 2. The molecule has 6 nitrogen and oxygen atoms in total. The van der Waals surface area contributed by atoms with E-state index in [0.717, 1.165) is 17.4 Å². The van der Waals surface area contributed by atoms with Crippen molar-refractivity contribution in [3.63, 3.8) is 0 Å². The standard InChI is InChI=1S/C12H15N5O/c1-2-14-12-16-9-6-4-3-5-8(9)11(17-12)15-7-10(13)18/h3-6H,2,7H2,1H3,(H2,13,18)(H2,14,15,16,17). The van der Waals surface area contributed by atoms with E-state index in [2.05, 4.69) is 20.6 Å². The molecule has 0 aliphatic carbocycles. The van der Waals surface area contributed by atoms with Crippen molar-refractivity contribution in [2.45, 2.75) is 6.92 Å². The number of fused-ring (bicyclic) bond motifs is 1. The van der Waals surface area contributed by atoms with Gasteiger partial charge in [-0.15, -0.1) is 0 Å². The first-order valence-corrected chi connectivity index (χ1v) is 5.73. The molecule has 0 unspecified atom stereocenters. The summed E-state index contributed by atoms with van der Waals surface area (Å²) in [4.78, 5) is 19.5.